The average Bonchev–Trinajstić information content (AvgIpc) is 2.52. The first-order valence-electron chi connectivity index (χ1n) is 7.44. The lowest BCUT2D eigenvalue weighted by Gasteiger charge is -2.39. The molecule has 0 bridgehead atoms. The minimum atomic E-state index is -1.25. The highest BCUT2D eigenvalue weighted by atomic mass is 16.6. The Morgan fingerprint density at radius 2 is 1.50 bits per heavy atom. The molecule has 24 heavy (non-hydrogen) atoms. The van der Waals surface area contributed by atoms with Crippen LogP contribution >= 0.6 is 0 Å². The number of hydrogen-bond acceptors (Lipinski definition) is 6. The zero-order valence-corrected chi connectivity index (χ0v) is 14.3. The number of ether oxygens (including phenoxy) is 3. The zero-order chi connectivity index (χ0) is 18.2. The molecule has 0 saturated carbocycles. The van der Waals surface area contributed by atoms with Crippen LogP contribution in [-0.2, 0) is 28.6 Å². The van der Waals surface area contributed by atoms with E-state index in [1.54, 1.807) is 0 Å². The van der Waals surface area contributed by atoms with Gasteiger partial charge in [0.15, 0.2) is 0 Å². The smallest absolute Gasteiger partial charge is 0.302 e. The summed E-state index contributed by atoms with van der Waals surface area (Å²) >= 11 is 0. The van der Waals surface area contributed by atoms with Crippen molar-refractivity contribution in [2.24, 2.45) is 0 Å². The van der Waals surface area contributed by atoms with Gasteiger partial charge in [-0.2, -0.15) is 0 Å². The van der Waals surface area contributed by atoms with E-state index in [4.69, 9.17) is 14.2 Å². The van der Waals surface area contributed by atoms with Crippen molar-refractivity contribution in [1.29, 1.82) is 0 Å². The number of rotatable bonds is 8. The molecule has 0 radical (unpaired) electrons. The van der Waals surface area contributed by atoms with Gasteiger partial charge in [-0.1, -0.05) is 30.3 Å². The molecule has 0 aliphatic heterocycles. The maximum Gasteiger partial charge on any atom is 0.302 e. The third-order valence-electron chi connectivity index (χ3n) is 3.33. The van der Waals surface area contributed by atoms with Crippen molar-refractivity contribution in [1.82, 2.24) is 5.32 Å². The summed E-state index contributed by atoms with van der Waals surface area (Å²) in [5.74, 6) is -1.40. The third-order valence-corrected chi connectivity index (χ3v) is 3.33. The van der Waals surface area contributed by atoms with Crippen molar-refractivity contribution >= 4 is 17.8 Å². The Morgan fingerprint density at radius 3 is 1.88 bits per heavy atom. The van der Waals surface area contributed by atoms with E-state index < -0.39 is 23.6 Å². The van der Waals surface area contributed by atoms with E-state index in [-0.39, 0.29) is 19.1 Å². The van der Waals surface area contributed by atoms with Crippen LogP contribution in [0.4, 0.5) is 0 Å². The minimum absolute atomic E-state index is 0.206. The summed E-state index contributed by atoms with van der Waals surface area (Å²) in [6, 6.07) is 9.10. The van der Waals surface area contributed by atoms with Crippen molar-refractivity contribution in [2.45, 2.75) is 32.4 Å². The molecule has 7 heteroatoms. The molecule has 0 heterocycles. The van der Waals surface area contributed by atoms with Gasteiger partial charge in [-0.3, -0.25) is 14.4 Å². The third kappa shape index (κ3) is 5.66. The Morgan fingerprint density at radius 1 is 1.00 bits per heavy atom. The van der Waals surface area contributed by atoms with E-state index in [1.165, 1.54) is 27.9 Å². The van der Waals surface area contributed by atoms with Crippen LogP contribution < -0.4 is 5.32 Å². The predicted molar refractivity (Wildman–Crippen MR) is 86.0 cm³/mol. The standard InChI is InChI=1S/C17H23NO6/c1-12(19)18-17(10-23-13(2)20,11-24-14(3)21)16(22-4)15-8-6-5-7-9-15/h5-9,16H,10-11H2,1-4H3,(H,18,19). The van der Waals surface area contributed by atoms with Crippen LogP contribution in [0.15, 0.2) is 30.3 Å². The molecule has 0 saturated heterocycles. The van der Waals surface area contributed by atoms with Crippen LogP contribution in [0.5, 0.6) is 0 Å². The van der Waals surface area contributed by atoms with E-state index in [0.29, 0.717) is 0 Å². The lowest BCUT2D eigenvalue weighted by atomic mass is 9.88. The summed E-state index contributed by atoms with van der Waals surface area (Å²) < 4.78 is 15.8. The van der Waals surface area contributed by atoms with Crippen LogP contribution in [0.1, 0.15) is 32.4 Å². The number of hydrogen-bond donors (Lipinski definition) is 1. The fourth-order valence-electron chi connectivity index (χ4n) is 2.45. The van der Waals surface area contributed by atoms with Gasteiger partial charge in [0.25, 0.3) is 0 Å². The Labute approximate surface area is 141 Å². The molecule has 132 valence electrons. The first-order valence-corrected chi connectivity index (χ1v) is 7.44. The van der Waals surface area contributed by atoms with E-state index in [9.17, 15) is 14.4 Å². The van der Waals surface area contributed by atoms with Gasteiger partial charge in [0.05, 0.1) is 0 Å². The summed E-state index contributed by atoms with van der Waals surface area (Å²) in [7, 11) is 1.47. The second-order valence-electron chi connectivity index (χ2n) is 5.42. The quantitative estimate of drug-likeness (QED) is 0.721. The average molecular weight is 337 g/mol. The fourth-order valence-corrected chi connectivity index (χ4v) is 2.45. The van der Waals surface area contributed by atoms with Crippen molar-refractivity contribution < 1.29 is 28.6 Å². The summed E-state index contributed by atoms with van der Waals surface area (Å²) in [4.78, 5) is 34.3. The second kappa shape index (κ2) is 9.02. The molecule has 0 spiro atoms. The van der Waals surface area contributed by atoms with Crippen LogP contribution in [0.3, 0.4) is 0 Å². The van der Waals surface area contributed by atoms with Gasteiger partial charge in [0.1, 0.15) is 24.9 Å². The second-order valence-corrected chi connectivity index (χ2v) is 5.42. The molecule has 0 aromatic heterocycles. The van der Waals surface area contributed by atoms with Crippen LogP contribution in [0, 0.1) is 0 Å². The summed E-state index contributed by atoms with van der Waals surface area (Å²) in [5, 5.41) is 2.74. The molecule has 1 amide bonds. The molecule has 7 nitrogen and oxygen atoms in total. The van der Waals surface area contributed by atoms with Crippen molar-refractivity contribution in [3.8, 4) is 0 Å². The maximum absolute atomic E-state index is 11.8. The molecular formula is C17H23NO6. The topological polar surface area (TPSA) is 90.9 Å². The van der Waals surface area contributed by atoms with Gasteiger partial charge in [-0.15, -0.1) is 0 Å². The summed E-state index contributed by atoms with van der Waals surface area (Å²) in [5.41, 5.74) is -0.507. The van der Waals surface area contributed by atoms with E-state index in [1.807, 2.05) is 30.3 Å². The van der Waals surface area contributed by atoms with Gasteiger partial charge in [0, 0.05) is 27.9 Å². The highest BCUT2D eigenvalue weighted by molar-refractivity contribution is 5.74. The first-order chi connectivity index (χ1) is 11.3. The number of benzene rings is 1. The van der Waals surface area contributed by atoms with Crippen LogP contribution in [0.25, 0.3) is 0 Å². The number of nitrogens with one attached hydrogen (secondary N) is 1. The monoisotopic (exact) mass is 337 g/mol. The highest BCUT2D eigenvalue weighted by Gasteiger charge is 2.44. The first kappa shape index (κ1) is 19.6. The number of carbonyl (C=O) groups is 3. The number of carbonyl (C=O) groups excluding carboxylic acids is 3. The summed E-state index contributed by atoms with van der Waals surface area (Å²) in [6.07, 6.45) is -0.693. The van der Waals surface area contributed by atoms with Gasteiger partial charge >= 0.3 is 11.9 Å². The largest absolute Gasteiger partial charge is 0.463 e. The van der Waals surface area contributed by atoms with Crippen LogP contribution in [-0.4, -0.2) is 43.7 Å². The van der Waals surface area contributed by atoms with Gasteiger partial charge in [-0.25, -0.2) is 0 Å². The molecule has 0 fully saturated rings. The lowest BCUT2D eigenvalue weighted by Crippen LogP contribution is -2.59. The molecule has 1 N–H and O–H groups in total. The molecular weight excluding hydrogens is 314 g/mol. The van der Waals surface area contributed by atoms with E-state index in [2.05, 4.69) is 5.32 Å². The minimum Gasteiger partial charge on any atom is -0.463 e. The van der Waals surface area contributed by atoms with Crippen molar-refractivity contribution in [2.75, 3.05) is 20.3 Å². The van der Waals surface area contributed by atoms with E-state index >= 15 is 0 Å². The normalized spacial score (nSPS) is 12.2. The SMILES string of the molecule is COC(c1ccccc1)C(COC(C)=O)(COC(C)=O)NC(C)=O. The molecule has 1 rings (SSSR count). The Bertz CT molecular complexity index is 554. The maximum atomic E-state index is 11.8. The Balaban J connectivity index is 3.29. The number of methoxy groups -OCH3 is 1. The molecule has 0 aliphatic carbocycles. The molecule has 1 aromatic carbocycles. The highest BCUT2D eigenvalue weighted by Crippen LogP contribution is 2.30. The van der Waals surface area contributed by atoms with Crippen molar-refractivity contribution in [3.63, 3.8) is 0 Å². The van der Waals surface area contributed by atoms with Gasteiger partial charge in [-0.05, 0) is 5.56 Å². The number of amides is 1. The van der Waals surface area contributed by atoms with E-state index in [0.717, 1.165) is 5.56 Å². The van der Waals surface area contributed by atoms with Crippen LogP contribution in [0.2, 0.25) is 0 Å². The Kier molecular flexibility index (Phi) is 7.38. The zero-order valence-electron chi connectivity index (χ0n) is 14.3. The van der Waals surface area contributed by atoms with Gasteiger partial charge in [0.2, 0.25) is 5.91 Å². The molecule has 1 aromatic rings. The molecule has 1 atom stereocenters. The molecule has 1 unspecified atom stereocenters. The fraction of sp³-hybridized carbons (Fsp3) is 0.471. The van der Waals surface area contributed by atoms with Crippen molar-refractivity contribution in [3.05, 3.63) is 35.9 Å². The Hall–Kier alpha value is -2.41. The van der Waals surface area contributed by atoms with Gasteiger partial charge < -0.3 is 19.5 Å². The summed E-state index contributed by atoms with van der Waals surface area (Å²) in [6.45, 7) is 3.43. The lowest BCUT2D eigenvalue weighted by molar-refractivity contribution is -0.156. The predicted octanol–water partition coefficient (Wildman–Crippen LogP) is 1.38. The number of esters is 2. The molecule has 0 aliphatic rings.